The molecule has 1 aliphatic rings. The Labute approximate surface area is 122 Å². The minimum absolute atomic E-state index is 0.235. The van der Waals surface area contributed by atoms with E-state index < -0.39 is 0 Å². The number of carbonyl (C=O) groups is 1. The molecule has 2 rings (SSSR count). The van der Waals surface area contributed by atoms with Gasteiger partial charge in [-0.25, -0.2) is 4.79 Å². The number of anilines is 1. The molecule has 1 saturated carbocycles. The molecule has 0 saturated heterocycles. The molecule has 2 amide bonds. The lowest BCUT2D eigenvalue weighted by atomic mass is 10.1. The van der Waals surface area contributed by atoms with Crippen LogP contribution in [0.15, 0.2) is 4.34 Å². The summed E-state index contributed by atoms with van der Waals surface area (Å²) in [5.41, 5.74) is -0.254. The smallest absolute Gasteiger partial charge is 0.321 e. The molecule has 2 N–H and O–H groups in total. The van der Waals surface area contributed by atoms with Crippen LogP contribution in [0.4, 0.5) is 9.93 Å². The van der Waals surface area contributed by atoms with Gasteiger partial charge in [-0.05, 0) is 33.6 Å². The fourth-order valence-electron chi connectivity index (χ4n) is 1.93. The van der Waals surface area contributed by atoms with Gasteiger partial charge in [-0.2, -0.15) is 0 Å². The quantitative estimate of drug-likeness (QED) is 0.839. The Morgan fingerprint density at radius 3 is 2.63 bits per heavy atom. The van der Waals surface area contributed by atoms with Gasteiger partial charge < -0.3 is 5.32 Å². The van der Waals surface area contributed by atoms with Crippen LogP contribution >= 0.6 is 23.1 Å². The molecule has 0 aromatic carbocycles. The van der Waals surface area contributed by atoms with Crippen LogP contribution in [0.2, 0.25) is 0 Å². The summed E-state index contributed by atoms with van der Waals surface area (Å²) in [7, 11) is 0. The highest BCUT2D eigenvalue weighted by atomic mass is 32.2. The number of thioether (sulfide) groups is 1. The Hall–Kier alpha value is -0.820. The molecule has 1 fully saturated rings. The van der Waals surface area contributed by atoms with Gasteiger partial charge in [0.05, 0.1) is 0 Å². The van der Waals surface area contributed by atoms with Crippen molar-refractivity contribution >= 4 is 34.3 Å². The van der Waals surface area contributed by atoms with Crippen molar-refractivity contribution < 1.29 is 4.79 Å². The number of carbonyl (C=O) groups excluding carboxylic acids is 1. The molecule has 0 atom stereocenters. The van der Waals surface area contributed by atoms with Gasteiger partial charge in [0, 0.05) is 10.8 Å². The Kier molecular flexibility index (Phi) is 4.67. The molecule has 7 heteroatoms. The molecule has 0 aliphatic heterocycles. The van der Waals surface area contributed by atoms with E-state index in [2.05, 4.69) is 20.8 Å². The molecular weight excluding hydrogens is 280 g/mol. The third-order valence-electron chi connectivity index (χ3n) is 2.69. The third-order valence-corrected chi connectivity index (χ3v) is 4.95. The van der Waals surface area contributed by atoms with Gasteiger partial charge in [0.25, 0.3) is 0 Å². The van der Waals surface area contributed by atoms with Gasteiger partial charge in [0.15, 0.2) is 4.34 Å². The minimum atomic E-state index is -0.254. The van der Waals surface area contributed by atoms with Gasteiger partial charge in [0.1, 0.15) is 0 Å². The molecular formula is C12H20N4OS2. The fourth-order valence-corrected chi connectivity index (χ4v) is 4.18. The molecule has 1 aliphatic carbocycles. The van der Waals surface area contributed by atoms with Crippen LogP contribution < -0.4 is 10.6 Å². The van der Waals surface area contributed by atoms with Gasteiger partial charge in [-0.3, -0.25) is 5.32 Å². The second-order valence-corrected chi connectivity index (χ2v) is 8.25. The number of nitrogens with zero attached hydrogens (tertiary/aromatic N) is 2. The van der Waals surface area contributed by atoms with E-state index in [-0.39, 0.29) is 11.6 Å². The SMILES string of the molecule is CC(C)(C)NC(=O)Nc1nnc(SC2CCCC2)s1. The van der Waals surface area contributed by atoms with Crippen molar-refractivity contribution in [1.29, 1.82) is 0 Å². The van der Waals surface area contributed by atoms with E-state index >= 15 is 0 Å². The average molecular weight is 300 g/mol. The van der Waals surface area contributed by atoms with E-state index in [0.29, 0.717) is 10.4 Å². The van der Waals surface area contributed by atoms with Crippen molar-refractivity contribution in [3.05, 3.63) is 0 Å². The number of hydrogen-bond donors (Lipinski definition) is 2. The number of rotatable bonds is 3. The average Bonchev–Trinajstić information content (AvgIpc) is 2.88. The van der Waals surface area contributed by atoms with E-state index in [1.54, 1.807) is 11.8 Å². The third kappa shape index (κ3) is 4.99. The first-order valence-corrected chi connectivity index (χ1v) is 8.21. The lowest BCUT2D eigenvalue weighted by molar-refractivity contribution is 0.244. The van der Waals surface area contributed by atoms with E-state index in [9.17, 15) is 4.79 Å². The standard InChI is InChI=1S/C12H20N4OS2/c1-12(2,3)14-9(17)13-10-15-16-11(19-10)18-8-6-4-5-7-8/h8H,4-7H2,1-3H3,(H2,13,14,15,17). The zero-order chi connectivity index (χ0) is 13.9. The number of aromatic nitrogens is 2. The molecule has 0 spiro atoms. The van der Waals surface area contributed by atoms with Crippen LogP contribution in [0.25, 0.3) is 0 Å². The highest BCUT2D eigenvalue weighted by Crippen LogP contribution is 2.36. The monoisotopic (exact) mass is 300 g/mol. The Morgan fingerprint density at radius 2 is 2.00 bits per heavy atom. The van der Waals surface area contributed by atoms with Gasteiger partial charge in [-0.1, -0.05) is 35.9 Å². The molecule has 0 bridgehead atoms. The first kappa shape index (κ1) is 14.6. The maximum Gasteiger partial charge on any atom is 0.321 e. The summed E-state index contributed by atoms with van der Waals surface area (Å²) in [5, 5.41) is 14.9. The number of urea groups is 1. The van der Waals surface area contributed by atoms with Crippen molar-refractivity contribution in [3.63, 3.8) is 0 Å². The fraction of sp³-hybridized carbons (Fsp3) is 0.750. The van der Waals surface area contributed by atoms with Crippen molar-refractivity contribution in [2.75, 3.05) is 5.32 Å². The predicted molar refractivity (Wildman–Crippen MR) is 79.9 cm³/mol. The van der Waals surface area contributed by atoms with Gasteiger partial charge in [-0.15, -0.1) is 10.2 Å². The van der Waals surface area contributed by atoms with Crippen LogP contribution in [0.1, 0.15) is 46.5 Å². The molecule has 19 heavy (non-hydrogen) atoms. The van der Waals surface area contributed by atoms with Gasteiger partial charge in [0.2, 0.25) is 5.13 Å². The van der Waals surface area contributed by atoms with E-state index in [1.165, 1.54) is 37.0 Å². The summed E-state index contributed by atoms with van der Waals surface area (Å²) >= 11 is 3.23. The summed E-state index contributed by atoms with van der Waals surface area (Å²) in [5.74, 6) is 0. The molecule has 106 valence electrons. The number of amides is 2. The second kappa shape index (κ2) is 6.09. The lowest BCUT2D eigenvalue weighted by Gasteiger charge is -2.19. The first-order chi connectivity index (χ1) is 8.92. The molecule has 0 unspecified atom stereocenters. The van der Waals surface area contributed by atoms with Crippen LogP contribution in [-0.2, 0) is 0 Å². The van der Waals surface area contributed by atoms with Crippen molar-refractivity contribution in [2.24, 2.45) is 0 Å². The zero-order valence-corrected chi connectivity index (χ0v) is 13.2. The minimum Gasteiger partial charge on any atom is -0.333 e. The largest absolute Gasteiger partial charge is 0.333 e. The number of hydrogen-bond acceptors (Lipinski definition) is 5. The van der Waals surface area contributed by atoms with Crippen LogP contribution in [-0.4, -0.2) is 27.0 Å². The van der Waals surface area contributed by atoms with Crippen molar-refractivity contribution in [1.82, 2.24) is 15.5 Å². The van der Waals surface area contributed by atoms with Crippen LogP contribution in [0.5, 0.6) is 0 Å². The highest BCUT2D eigenvalue weighted by molar-refractivity contribution is 8.01. The summed E-state index contributed by atoms with van der Waals surface area (Å²) in [4.78, 5) is 11.7. The molecule has 5 nitrogen and oxygen atoms in total. The maximum absolute atomic E-state index is 11.7. The molecule has 1 heterocycles. The Bertz CT molecular complexity index is 435. The lowest BCUT2D eigenvalue weighted by Crippen LogP contribution is -2.43. The van der Waals surface area contributed by atoms with Crippen LogP contribution in [0, 0.1) is 0 Å². The second-order valence-electron chi connectivity index (χ2n) is 5.73. The van der Waals surface area contributed by atoms with Gasteiger partial charge >= 0.3 is 6.03 Å². The normalized spacial score (nSPS) is 16.6. The predicted octanol–water partition coefficient (Wildman–Crippen LogP) is 3.49. The van der Waals surface area contributed by atoms with E-state index in [0.717, 1.165) is 4.34 Å². The van der Waals surface area contributed by atoms with Crippen molar-refractivity contribution in [3.8, 4) is 0 Å². The highest BCUT2D eigenvalue weighted by Gasteiger charge is 2.19. The van der Waals surface area contributed by atoms with E-state index in [4.69, 9.17) is 0 Å². The van der Waals surface area contributed by atoms with Crippen LogP contribution in [0.3, 0.4) is 0 Å². The number of nitrogens with one attached hydrogen (secondary N) is 2. The Balaban J connectivity index is 1.84. The summed E-state index contributed by atoms with van der Waals surface area (Å²) in [6, 6.07) is -0.235. The topological polar surface area (TPSA) is 66.9 Å². The zero-order valence-electron chi connectivity index (χ0n) is 11.5. The summed E-state index contributed by atoms with van der Waals surface area (Å²) in [6.45, 7) is 5.82. The molecule has 1 aromatic heterocycles. The summed E-state index contributed by atoms with van der Waals surface area (Å²) in [6.07, 6.45) is 5.15. The van der Waals surface area contributed by atoms with Crippen molar-refractivity contribution in [2.45, 2.75) is 61.6 Å². The first-order valence-electron chi connectivity index (χ1n) is 6.52. The Morgan fingerprint density at radius 1 is 1.32 bits per heavy atom. The summed E-state index contributed by atoms with van der Waals surface area (Å²) < 4.78 is 0.943. The maximum atomic E-state index is 11.7. The molecule has 0 radical (unpaired) electrons. The van der Waals surface area contributed by atoms with E-state index in [1.807, 2.05) is 20.8 Å². The molecule has 1 aromatic rings.